The van der Waals surface area contributed by atoms with Gasteiger partial charge in [0.25, 0.3) is 0 Å². The van der Waals surface area contributed by atoms with Gasteiger partial charge in [-0.15, -0.1) is 0 Å². The van der Waals surface area contributed by atoms with Crippen LogP contribution in [0.25, 0.3) is 0 Å². The molecule has 2 aliphatic rings. The molecule has 0 radical (unpaired) electrons. The lowest BCUT2D eigenvalue weighted by Crippen LogP contribution is -2.48. The Morgan fingerprint density at radius 3 is 2.52 bits per heavy atom. The number of hydrogen-bond donors (Lipinski definition) is 2. The largest absolute Gasteiger partial charge is 0.503 e. The highest BCUT2D eigenvalue weighted by molar-refractivity contribution is 7.88. The second-order valence-corrected chi connectivity index (χ2v) is 10.6. The minimum Gasteiger partial charge on any atom is -0.503 e. The van der Waals surface area contributed by atoms with Crippen LogP contribution in [-0.2, 0) is 14.8 Å². The number of nitrogens with one attached hydrogen (secondary N) is 1. The molecule has 0 spiro atoms. The lowest BCUT2D eigenvalue weighted by molar-refractivity contribution is 0.0155. The molecule has 180 valence electrons. The van der Waals surface area contributed by atoms with Crippen LogP contribution in [0.3, 0.4) is 0 Å². The Hall–Kier alpha value is -2.30. The van der Waals surface area contributed by atoms with Crippen molar-refractivity contribution in [1.29, 1.82) is 0 Å². The van der Waals surface area contributed by atoms with Crippen LogP contribution in [0.5, 0.6) is 5.75 Å². The van der Waals surface area contributed by atoms with E-state index in [1.807, 2.05) is 18.2 Å². The number of rotatable bonds is 7. The minimum absolute atomic E-state index is 0.0192. The molecule has 2 heterocycles. The number of pyridine rings is 1. The predicted octanol–water partition coefficient (Wildman–Crippen LogP) is 3.30. The van der Waals surface area contributed by atoms with E-state index >= 15 is 0 Å². The van der Waals surface area contributed by atoms with E-state index in [1.54, 1.807) is 4.90 Å². The average Bonchev–Trinajstić information content (AvgIpc) is 3.17. The molecule has 1 aliphatic heterocycles. The van der Waals surface area contributed by atoms with Crippen molar-refractivity contribution in [1.82, 2.24) is 9.71 Å². The summed E-state index contributed by atoms with van der Waals surface area (Å²) in [4.78, 5) is 5.37. The zero-order valence-corrected chi connectivity index (χ0v) is 19.3. The van der Waals surface area contributed by atoms with Gasteiger partial charge in [-0.3, -0.25) is 0 Å². The van der Waals surface area contributed by atoms with E-state index in [2.05, 4.69) is 21.8 Å². The van der Waals surface area contributed by atoms with Crippen LogP contribution in [0.2, 0.25) is 0 Å². The van der Waals surface area contributed by atoms with Gasteiger partial charge in [-0.1, -0.05) is 30.3 Å². The number of aromatic nitrogens is 1. The monoisotopic (exact) mass is 481 g/mol. The highest BCUT2D eigenvalue weighted by Crippen LogP contribution is 2.35. The van der Waals surface area contributed by atoms with Crippen LogP contribution < -0.4 is 9.62 Å². The fourth-order valence-electron chi connectivity index (χ4n) is 4.90. The van der Waals surface area contributed by atoms with Gasteiger partial charge in [0.05, 0.1) is 31.2 Å². The molecule has 1 saturated carbocycles. The number of benzene rings is 1. The van der Waals surface area contributed by atoms with Gasteiger partial charge in [0.15, 0.2) is 17.4 Å². The van der Waals surface area contributed by atoms with Crippen molar-refractivity contribution < 1.29 is 27.0 Å². The Morgan fingerprint density at radius 1 is 1.15 bits per heavy atom. The summed E-state index contributed by atoms with van der Waals surface area (Å²) in [6.07, 6.45) is 5.99. The van der Waals surface area contributed by atoms with Crippen LogP contribution in [-0.4, -0.2) is 56.1 Å². The molecule has 2 fully saturated rings. The van der Waals surface area contributed by atoms with E-state index in [1.165, 1.54) is 5.56 Å². The maximum Gasteiger partial charge on any atom is 0.210 e. The zero-order valence-electron chi connectivity index (χ0n) is 18.5. The first-order chi connectivity index (χ1) is 15.7. The summed E-state index contributed by atoms with van der Waals surface area (Å²) < 4.78 is 60.6. The highest BCUT2D eigenvalue weighted by Gasteiger charge is 2.39. The first-order valence-electron chi connectivity index (χ1n) is 11.2. The summed E-state index contributed by atoms with van der Waals surface area (Å²) in [5.41, 5.74) is 1.33. The number of hydrogen-bond acceptors (Lipinski definition) is 6. The van der Waals surface area contributed by atoms with E-state index in [9.17, 15) is 22.3 Å². The predicted molar refractivity (Wildman–Crippen MR) is 121 cm³/mol. The minimum atomic E-state index is -3.51. The van der Waals surface area contributed by atoms with Crippen LogP contribution in [0.15, 0.2) is 36.5 Å². The Morgan fingerprint density at radius 2 is 1.85 bits per heavy atom. The van der Waals surface area contributed by atoms with Crippen molar-refractivity contribution in [2.75, 3.05) is 24.3 Å². The maximum absolute atomic E-state index is 14.6. The third kappa shape index (κ3) is 5.62. The van der Waals surface area contributed by atoms with E-state index < -0.39 is 39.5 Å². The fraction of sp³-hybridized carbons (Fsp3) is 0.522. The van der Waals surface area contributed by atoms with E-state index in [0.717, 1.165) is 38.1 Å². The zero-order chi connectivity index (χ0) is 23.6. The molecule has 7 nitrogen and oxygen atoms in total. The molecule has 1 aromatic carbocycles. The standard InChI is InChI=1S/C23H29F2N3O4S/c1-33(30,31)27-19-11-12-28(23-21(25)22(29)18(24)13-26-23)20(19)14-32-17-9-7-16(8-10-17)15-5-3-2-4-6-15/h2-6,13,16-17,19-20,27H,7-12,14H2,1H3,(H,26,29)/t16-,17+,19-,20-/m0/s1. The van der Waals surface area contributed by atoms with Crippen LogP contribution >= 0.6 is 0 Å². The Kier molecular flexibility index (Phi) is 7.16. The van der Waals surface area contributed by atoms with Gasteiger partial charge in [-0.2, -0.15) is 4.39 Å². The van der Waals surface area contributed by atoms with Crippen molar-refractivity contribution >= 4 is 15.8 Å². The van der Waals surface area contributed by atoms with Crippen molar-refractivity contribution in [3.8, 4) is 5.75 Å². The lowest BCUT2D eigenvalue weighted by atomic mass is 9.83. The topological polar surface area (TPSA) is 91.8 Å². The van der Waals surface area contributed by atoms with E-state index in [-0.39, 0.29) is 25.1 Å². The summed E-state index contributed by atoms with van der Waals surface area (Å²) in [5, 5.41) is 9.68. The Labute approximate surface area is 192 Å². The number of halogens is 2. The first-order valence-corrected chi connectivity index (χ1v) is 13.1. The summed E-state index contributed by atoms with van der Waals surface area (Å²) >= 11 is 0. The molecule has 1 aliphatic carbocycles. The van der Waals surface area contributed by atoms with Crippen LogP contribution in [0.1, 0.15) is 43.6 Å². The molecule has 33 heavy (non-hydrogen) atoms. The lowest BCUT2D eigenvalue weighted by Gasteiger charge is -2.33. The maximum atomic E-state index is 14.6. The Balaban J connectivity index is 1.44. The first kappa shape index (κ1) is 23.8. The van der Waals surface area contributed by atoms with Crippen LogP contribution in [0.4, 0.5) is 14.6 Å². The summed E-state index contributed by atoms with van der Waals surface area (Å²) in [6.45, 7) is 0.448. The molecule has 4 rings (SSSR count). The average molecular weight is 482 g/mol. The molecule has 0 amide bonds. The molecule has 2 N–H and O–H groups in total. The summed E-state index contributed by atoms with van der Waals surface area (Å²) in [7, 11) is -3.51. The molecule has 0 bridgehead atoms. The molecule has 1 saturated heterocycles. The molecule has 0 unspecified atom stereocenters. The molecule has 2 atom stereocenters. The van der Waals surface area contributed by atoms with Gasteiger partial charge < -0.3 is 14.7 Å². The van der Waals surface area contributed by atoms with Crippen molar-refractivity contribution in [3.05, 3.63) is 53.7 Å². The number of nitrogens with zero attached hydrogens (tertiary/aromatic N) is 2. The molecular formula is C23H29F2N3O4S. The summed E-state index contributed by atoms with van der Waals surface area (Å²) in [5.74, 6) is -3.13. The number of anilines is 1. The normalized spacial score (nSPS) is 26.0. The SMILES string of the molecule is CS(=O)(=O)N[C@H]1CCN(c2ncc(F)c(O)c2F)[C@H]1CO[C@H]1CC[C@@H](c2ccccc2)CC1. The van der Waals surface area contributed by atoms with Gasteiger partial charge in [0, 0.05) is 12.6 Å². The summed E-state index contributed by atoms with van der Waals surface area (Å²) in [6, 6.07) is 9.31. The van der Waals surface area contributed by atoms with Crippen molar-refractivity contribution in [3.63, 3.8) is 0 Å². The van der Waals surface area contributed by atoms with Gasteiger partial charge in [0.1, 0.15) is 0 Å². The smallest absolute Gasteiger partial charge is 0.210 e. The fourth-order valence-corrected chi connectivity index (χ4v) is 5.73. The molecule has 2 aromatic rings. The van der Waals surface area contributed by atoms with Gasteiger partial charge in [0.2, 0.25) is 15.8 Å². The number of sulfonamides is 1. The van der Waals surface area contributed by atoms with Gasteiger partial charge in [-0.05, 0) is 43.6 Å². The molecule has 1 aromatic heterocycles. The second kappa shape index (κ2) is 9.90. The van der Waals surface area contributed by atoms with Gasteiger partial charge >= 0.3 is 0 Å². The highest BCUT2D eigenvalue weighted by atomic mass is 32.2. The molecular weight excluding hydrogens is 452 g/mol. The van der Waals surface area contributed by atoms with E-state index in [0.29, 0.717) is 12.3 Å². The Bertz CT molecular complexity index is 1060. The van der Waals surface area contributed by atoms with Gasteiger partial charge in [-0.25, -0.2) is 22.5 Å². The van der Waals surface area contributed by atoms with Crippen molar-refractivity contribution in [2.45, 2.75) is 56.2 Å². The number of ether oxygens (including phenoxy) is 1. The quantitative estimate of drug-likeness (QED) is 0.631. The molecule has 10 heteroatoms. The van der Waals surface area contributed by atoms with E-state index in [4.69, 9.17) is 4.74 Å². The van der Waals surface area contributed by atoms with Crippen molar-refractivity contribution in [2.24, 2.45) is 0 Å². The van der Waals surface area contributed by atoms with Crippen LogP contribution in [0, 0.1) is 11.6 Å². The third-order valence-electron chi connectivity index (χ3n) is 6.56. The third-order valence-corrected chi connectivity index (χ3v) is 7.29. The number of aromatic hydroxyl groups is 1. The second-order valence-electron chi connectivity index (χ2n) is 8.86.